The summed E-state index contributed by atoms with van der Waals surface area (Å²) in [5, 5.41) is 4.21. The van der Waals surface area contributed by atoms with Crippen molar-refractivity contribution in [2.75, 3.05) is 7.05 Å². The Hall–Kier alpha value is -0.840. The van der Waals surface area contributed by atoms with Gasteiger partial charge in [0.25, 0.3) is 0 Å². The van der Waals surface area contributed by atoms with Crippen LogP contribution in [0.5, 0.6) is 0 Å². The number of aromatic nitrogens is 1. The summed E-state index contributed by atoms with van der Waals surface area (Å²) in [5.41, 5.74) is 1.22. The topological polar surface area (TPSA) is 24.9 Å². The van der Waals surface area contributed by atoms with Crippen molar-refractivity contribution in [3.05, 3.63) is 52.6 Å². The summed E-state index contributed by atoms with van der Waals surface area (Å²) in [5.74, 6) is 0. The van der Waals surface area contributed by atoms with Gasteiger partial charge in [-0.25, -0.2) is 4.98 Å². The maximum Gasteiger partial charge on any atom is 0.105 e. The molecule has 0 fully saturated rings. The van der Waals surface area contributed by atoms with Gasteiger partial charge in [0.05, 0.1) is 0 Å². The maximum absolute atomic E-state index is 4.44. The van der Waals surface area contributed by atoms with Crippen molar-refractivity contribution in [3.8, 4) is 0 Å². The molecule has 0 radical (unpaired) electrons. The Morgan fingerprint density at radius 1 is 1.24 bits per heavy atom. The van der Waals surface area contributed by atoms with Crippen LogP contribution < -0.4 is 5.32 Å². The molecule has 1 N–H and O–H groups in total. The summed E-state index contributed by atoms with van der Waals surface area (Å²) >= 11 is 5.24. The lowest BCUT2D eigenvalue weighted by atomic mass is 10.3. The molecule has 0 aliphatic heterocycles. The highest BCUT2D eigenvalue weighted by atomic mass is 79.9. The first-order chi connectivity index (χ1) is 8.31. The lowest BCUT2D eigenvalue weighted by Crippen LogP contribution is -2.06. The van der Waals surface area contributed by atoms with E-state index in [9.17, 15) is 0 Å². The van der Waals surface area contributed by atoms with Crippen molar-refractivity contribution < 1.29 is 0 Å². The molecule has 0 unspecified atom stereocenters. The second-order valence-electron chi connectivity index (χ2n) is 3.53. The fraction of sp³-hybridized carbons (Fsp3) is 0.154. The highest BCUT2D eigenvalue weighted by Gasteiger charge is 2.06. The van der Waals surface area contributed by atoms with Crippen LogP contribution in [0.2, 0.25) is 0 Å². The standard InChI is InChI=1S/C13H13BrN2S/c1-15-9-10-5-4-8-16-13(10)17-12-7-3-2-6-11(12)14/h2-8,15H,9H2,1H3. The third kappa shape index (κ3) is 3.31. The van der Waals surface area contributed by atoms with Gasteiger partial charge in [0, 0.05) is 22.1 Å². The number of nitrogens with one attached hydrogen (secondary N) is 1. The first-order valence-corrected chi connectivity index (χ1v) is 6.93. The number of rotatable bonds is 4. The molecule has 0 spiro atoms. The van der Waals surface area contributed by atoms with Crippen LogP contribution in [-0.4, -0.2) is 12.0 Å². The molecule has 0 saturated heterocycles. The van der Waals surface area contributed by atoms with E-state index in [0.717, 1.165) is 16.0 Å². The fourth-order valence-corrected chi connectivity index (χ4v) is 2.91. The second-order valence-corrected chi connectivity index (χ2v) is 5.42. The Balaban J connectivity index is 2.27. The molecule has 0 atom stereocenters. The summed E-state index contributed by atoms with van der Waals surface area (Å²) in [6, 6.07) is 12.3. The van der Waals surface area contributed by atoms with Crippen LogP contribution in [0, 0.1) is 0 Å². The highest BCUT2D eigenvalue weighted by molar-refractivity contribution is 9.10. The zero-order chi connectivity index (χ0) is 12.1. The van der Waals surface area contributed by atoms with Gasteiger partial charge in [-0.1, -0.05) is 30.0 Å². The summed E-state index contributed by atoms with van der Waals surface area (Å²) in [6.45, 7) is 0.834. The molecule has 2 aromatic rings. The zero-order valence-electron chi connectivity index (χ0n) is 9.48. The fourth-order valence-electron chi connectivity index (χ4n) is 1.47. The summed E-state index contributed by atoms with van der Waals surface area (Å²) in [4.78, 5) is 5.62. The minimum absolute atomic E-state index is 0.834. The lowest BCUT2D eigenvalue weighted by Gasteiger charge is -2.08. The van der Waals surface area contributed by atoms with E-state index < -0.39 is 0 Å². The van der Waals surface area contributed by atoms with Crippen LogP contribution in [0.3, 0.4) is 0 Å². The van der Waals surface area contributed by atoms with Crippen molar-refractivity contribution in [3.63, 3.8) is 0 Å². The molecule has 2 rings (SSSR count). The van der Waals surface area contributed by atoms with Crippen molar-refractivity contribution in [2.45, 2.75) is 16.5 Å². The molecule has 2 nitrogen and oxygen atoms in total. The lowest BCUT2D eigenvalue weighted by molar-refractivity contribution is 0.789. The molecular formula is C13H13BrN2S. The Labute approximate surface area is 114 Å². The molecule has 0 aliphatic carbocycles. The van der Waals surface area contributed by atoms with E-state index in [1.54, 1.807) is 11.8 Å². The second kappa shape index (κ2) is 6.19. The molecule has 17 heavy (non-hydrogen) atoms. The smallest absolute Gasteiger partial charge is 0.105 e. The van der Waals surface area contributed by atoms with Crippen LogP contribution >= 0.6 is 27.7 Å². The van der Waals surface area contributed by atoms with Crippen molar-refractivity contribution in [2.24, 2.45) is 0 Å². The van der Waals surface area contributed by atoms with E-state index in [1.807, 2.05) is 37.5 Å². The Morgan fingerprint density at radius 3 is 2.82 bits per heavy atom. The Kier molecular flexibility index (Phi) is 4.59. The normalized spacial score (nSPS) is 10.5. The van der Waals surface area contributed by atoms with Crippen LogP contribution in [0.1, 0.15) is 5.56 Å². The van der Waals surface area contributed by atoms with Gasteiger partial charge >= 0.3 is 0 Å². The zero-order valence-corrected chi connectivity index (χ0v) is 11.9. The minimum Gasteiger partial charge on any atom is -0.316 e. The van der Waals surface area contributed by atoms with Gasteiger partial charge in [-0.2, -0.15) is 0 Å². The van der Waals surface area contributed by atoms with Crippen LogP contribution in [0.25, 0.3) is 0 Å². The average molecular weight is 309 g/mol. The predicted molar refractivity (Wildman–Crippen MR) is 75.3 cm³/mol. The third-order valence-corrected chi connectivity index (χ3v) is 4.35. The van der Waals surface area contributed by atoms with Crippen molar-refractivity contribution >= 4 is 27.7 Å². The van der Waals surface area contributed by atoms with E-state index in [2.05, 4.69) is 38.4 Å². The van der Waals surface area contributed by atoms with Gasteiger partial charge in [-0.15, -0.1) is 0 Å². The van der Waals surface area contributed by atoms with E-state index in [0.29, 0.717) is 0 Å². The minimum atomic E-state index is 0.834. The molecule has 0 saturated carbocycles. The third-order valence-electron chi connectivity index (χ3n) is 2.26. The molecule has 1 heterocycles. The average Bonchev–Trinajstić information content (AvgIpc) is 2.35. The van der Waals surface area contributed by atoms with Gasteiger partial charge in [0.1, 0.15) is 5.03 Å². The predicted octanol–water partition coefficient (Wildman–Crippen LogP) is 3.71. The van der Waals surface area contributed by atoms with Gasteiger partial charge < -0.3 is 5.32 Å². The summed E-state index contributed by atoms with van der Waals surface area (Å²) < 4.78 is 1.10. The number of hydrogen-bond donors (Lipinski definition) is 1. The number of nitrogens with zero attached hydrogens (tertiary/aromatic N) is 1. The molecule has 0 bridgehead atoms. The van der Waals surface area contributed by atoms with Crippen LogP contribution in [0.15, 0.2) is 57.0 Å². The Bertz CT molecular complexity index is 502. The van der Waals surface area contributed by atoms with Crippen molar-refractivity contribution in [1.29, 1.82) is 0 Å². The van der Waals surface area contributed by atoms with Gasteiger partial charge in [0.15, 0.2) is 0 Å². The van der Waals surface area contributed by atoms with Gasteiger partial charge in [-0.05, 0) is 46.7 Å². The van der Waals surface area contributed by atoms with Crippen molar-refractivity contribution in [1.82, 2.24) is 10.3 Å². The molecule has 0 amide bonds. The number of hydrogen-bond acceptors (Lipinski definition) is 3. The Morgan fingerprint density at radius 2 is 2.06 bits per heavy atom. The quantitative estimate of drug-likeness (QED) is 0.932. The van der Waals surface area contributed by atoms with Gasteiger partial charge in [0.2, 0.25) is 0 Å². The summed E-state index contributed by atoms with van der Waals surface area (Å²) in [6.07, 6.45) is 1.83. The summed E-state index contributed by atoms with van der Waals surface area (Å²) in [7, 11) is 1.94. The SMILES string of the molecule is CNCc1cccnc1Sc1ccccc1Br. The highest BCUT2D eigenvalue weighted by Crippen LogP contribution is 2.33. The molecular weight excluding hydrogens is 296 g/mol. The molecule has 4 heteroatoms. The molecule has 0 aliphatic rings. The van der Waals surface area contributed by atoms with Crippen LogP contribution in [-0.2, 0) is 6.54 Å². The van der Waals surface area contributed by atoms with Crippen LogP contribution in [0.4, 0.5) is 0 Å². The largest absolute Gasteiger partial charge is 0.316 e. The molecule has 1 aromatic carbocycles. The van der Waals surface area contributed by atoms with Gasteiger partial charge in [-0.3, -0.25) is 0 Å². The van der Waals surface area contributed by atoms with E-state index >= 15 is 0 Å². The van der Waals surface area contributed by atoms with E-state index in [-0.39, 0.29) is 0 Å². The first kappa shape index (κ1) is 12.6. The number of pyridine rings is 1. The van der Waals surface area contributed by atoms with E-state index in [4.69, 9.17) is 0 Å². The molecule has 1 aromatic heterocycles. The maximum atomic E-state index is 4.44. The first-order valence-electron chi connectivity index (χ1n) is 5.32. The number of benzene rings is 1. The number of halogens is 1. The van der Waals surface area contributed by atoms with E-state index in [1.165, 1.54) is 10.5 Å². The monoisotopic (exact) mass is 308 g/mol. The molecule has 88 valence electrons.